The Morgan fingerprint density at radius 3 is 2.96 bits per heavy atom. The maximum absolute atomic E-state index is 13.0. The Balaban J connectivity index is 1.68. The van der Waals surface area contributed by atoms with Crippen molar-refractivity contribution in [2.75, 3.05) is 24.5 Å². The van der Waals surface area contributed by atoms with E-state index in [1.54, 1.807) is 35.7 Å². The van der Waals surface area contributed by atoms with Crippen molar-refractivity contribution in [1.29, 1.82) is 5.26 Å². The minimum Gasteiger partial charge on any atom is -0.467 e. The van der Waals surface area contributed by atoms with Crippen molar-refractivity contribution in [3.8, 4) is 6.07 Å². The first-order chi connectivity index (χ1) is 12.3. The van der Waals surface area contributed by atoms with Gasteiger partial charge in [-0.25, -0.2) is 9.97 Å². The fourth-order valence-corrected chi connectivity index (χ4v) is 3.12. The van der Waals surface area contributed by atoms with Crippen molar-refractivity contribution >= 4 is 11.9 Å². The lowest BCUT2D eigenvalue weighted by Crippen LogP contribution is -2.45. The fraction of sp³-hybridized carbons (Fsp3) is 0.444. The molecule has 1 amide bonds. The van der Waals surface area contributed by atoms with Gasteiger partial charge >= 0.3 is 0 Å². The van der Waals surface area contributed by atoms with Crippen LogP contribution in [0.4, 0.5) is 5.95 Å². The summed E-state index contributed by atoms with van der Waals surface area (Å²) < 4.78 is 5.36. The molecule has 0 unspecified atom stereocenters. The molecule has 7 nitrogen and oxygen atoms in total. The lowest BCUT2D eigenvalue weighted by Gasteiger charge is -2.34. The van der Waals surface area contributed by atoms with Crippen molar-refractivity contribution in [2.24, 2.45) is 5.92 Å². The zero-order valence-electron chi connectivity index (χ0n) is 14.0. The van der Waals surface area contributed by atoms with Crippen LogP contribution in [0.3, 0.4) is 0 Å². The van der Waals surface area contributed by atoms with Crippen LogP contribution in [0.5, 0.6) is 0 Å². The molecule has 1 aliphatic heterocycles. The Kier molecular flexibility index (Phi) is 5.62. The van der Waals surface area contributed by atoms with Crippen LogP contribution < -0.4 is 4.90 Å². The summed E-state index contributed by atoms with van der Waals surface area (Å²) in [6.45, 7) is 2.26. The van der Waals surface area contributed by atoms with Crippen LogP contribution in [-0.2, 0) is 11.3 Å². The number of hydrogen-bond donors (Lipinski definition) is 0. The minimum absolute atomic E-state index is 0.0623. The summed E-state index contributed by atoms with van der Waals surface area (Å²) in [6, 6.07) is 7.54. The van der Waals surface area contributed by atoms with Crippen LogP contribution in [0.1, 0.15) is 25.0 Å². The number of furan rings is 1. The number of nitrogens with zero attached hydrogens (tertiary/aromatic N) is 5. The SMILES string of the molecule is N#CCCN(Cc1ccco1)C(=O)[C@H]1CCCN(c2ncccn2)C1. The molecule has 0 radical (unpaired) electrons. The topological polar surface area (TPSA) is 86.3 Å². The molecule has 2 aromatic heterocycles. The van der Waals surface area contributed by atoms with E-state index in [-0.39, 0.29) is 11.8 Å². The van der Waals surface area contributed by atoms with Gasteiger partial charge in [-0.2, -0.15) is 5.26 Å². The summed E-state index contributed by atoms with van der Waals surface area (Å²) in [6.07, 6.45) is 7.08. The molecule has 0 bridgehead atoms. The van der Waals surface area contributed by atoms with Gasteiger partial charge in [0.15, 0.2) is 0 Å². The third-order valence-electron chi connectivity index (χ3n) is 4.34. The Bertz CT molecular complexity index is 711. The lowest BCUT2D eigenvalue weighted by molar-refractivity contribution is -0.136. The van der Waals surface area contributed by atoms with Gasteiger partial charge in [-0.15, -0.1) is 0 Å². The van der Waals surface area contributed by atoms with Gasteiger partial charge in [0.25, 0.3) is 0 Å². The Labute approximate surface area is 146 Å². The van der Waals surface area contributed by atoms with Crippen LogP contribution >= 0.6 is 0 Å². The number of rotatable bonds is 6. The molecule has 0 spiro atoms. The zero-order chi connectivity index (χ0) is 17.5. The highest BCUT2D eigenvalue weighted by Crippen LogP contribution is 2.22. The van der Waals surface area contributed by atoms with E-state index >= 15 is 0 Å². The summed E-state index contributed by atoms with van der Waals surface area (Å²) in [5.41, 5.74) is 0. The maximum atomic E-state index is 13.0. The molecule has 7 heteroatoms. The first-order valence-corrected chi connectivity index (χ1v) is 8.48. The number of amides is 1. The highest BCUT2D eigenvalue weighted by Gasteiger charge is 2.30. The number of nitriles is 1. The average Bonchev–Trinajstić information content (AvgIpc) is 3.18. The van der Waals surface area contributed by atoms with Crippen molar-refractivity contribution in [1.82, 2.24) is 14.9 Å². The van der Waals surface area contributed by atoms with Crippen molar-refractivity contribution in [3.63, 3.8) is 0 Å². The molecule has 2 aromatic rings. The lowest BCUT2D eigenvalue weighted by atomic mass is 9.96. The normalized spacial score (nSPS) is 17.1. The molecule has 3 rings (SSSR count). The molecule has 0 aromatic carbocycles. The fourth-order valence-electron chi connectivity index (χ4n) is 3.12. The van der Waals surface area contributed by atoms with Gasteiger partial charge in [-0.05, 0) is 31.0 Å². The monoisotopic (exact) mass is 339 g/mol. The molecule has 1 fully saturated rings. The summed E-state index contributed by atoms with van der Waals surface area (Å²) in [4.78, 5) is 25.4. The first kappa shape index (κ1) is 17.0. The van der Waals surface area contributed by atoms with E-state index in [0.29, 0.717) is 32.0 Å². The summed E-state index contributed by atoms with van der Waals surface area (Å²) >= 11 is 0. The Morgan fingerprint density at radius 1 is 1.40 bits per heavy atom. The molecular weight excluding hydrogens is 318 g/mol. The number of carbonyl (C=O) groups is 1. The second-order valence-electron chi connectivity index (χ2n) is 6.08. The third-order valence-corrected chi connectivity index (χ3v) is 4.34. The van der Waals surface area contributed by atoms with E-state index in [1.165, 1.54) is 0 Å². The zero-order valence-corrected chi connectivity index (χ0v) is 14.0. The number of carbonyl (C=O) groups excluding carboxylic acids is 1. The number of piperidine rings is 1. The van der Waals surface area contributed by atoms with E-state index in [2.05, 4.69) is 20.9 Å². The van der Waals surface area contributed by atoms with Gasteiger partial charge < -0.3 is 14.2 Å². The molecule has 1 aliphatic rings. The van der Waals surface area contributed by atoms with Gasteiger partial charge in [-0.1, -0.05) is 0 Å². The molecule has 0 N–H and O–H groups in total. The molecule has 0 saturated carbocycles. The molecule has 1 saturated heterocycles. The van der Waals surface area contributed by atoms with E-state index in [4.69, 9.17) is 9.68 Å². The number of aromatic nitrogens is 2. The molecule has 1 atom stereocenters. The second kappa shape index (κ2) is 8.29. The quantitative estimate of drug-likeness (QED) is 0.802. The molecule has 3 heterocycles. The van der Waals surface area contributed by atoms with Gasteiger partial charge in [0, 0.05) is 32.0 Å². The minimum atomic E-state index is -0.119. The van der Waals surface area contributed by atoms with Crippen LogP contribution in [0, 0.1) is 17.2 Å². The molecule has 130 valence electrons. The van der Waals surface area contributed by atoms with Gasteiger partial charge in [-0.3, -0.25) is 4.79 Å². The molecular formula is C18H21N5O2. The summed E-state index contributed by atoms with van der Waals surface area (Å²) in [5, 5.41) is 8.89. The molecule has 25 heavy (non-hydrogen) atoms. The predicted octanol–water partition coefficient (Wildman–Crippen LogP) is 2.23. The standard InChI is InChI=1S/C18H21N5O2/c19-7-3-11-22(14-16-6-2-12-25-16)17(24)15-5-1-10-23(13-15)18-20-8-4-9-21-18/h2,4,6,8-9,12,15H,1,3,5,10-11,13-14H2/t15-/m0/s1. The van der Waals surface area contributed by atoms with Crippen molar-refractivity contribution in [3.05, 3.63) is 42.6 Å². The van der Waals surface area contributed by atoms with Crippen LogP contribution in [0.15, 0.2) is 41.3 Å². The molecule has 0 aliphatic carbocycles. The van der Waals surface area contributed by atoms with E-state index < -0.39 is 0 Å². The largest absolute Gasteiger partial charge is 0.467 e. The van der Waals surface area contributed by atoms with Crippen molar-refractivity contribution < 1.29 is 9.21 Å². The van der Waals surface area contributed by atoms with Crippen molar-refractivity contribution in [2.45, 2.75) is 25.8 Å². The highest BCUT2D eigenvalue weighted by atomic mass is 16.3. The highest BCUT2D eigenvalue weighted by molar-refractivity contribution is 5.79. The number of hydrogen-bond acceptors (Lipinski definition) is 6. The predicted molar refractivity (Wildman–Crippen MR) is 91.3 cm³/mol. The van der Waals surface area contributed by atoms with Gasteiger partial charge in [0.05, 0.1) is 31.2 Å². The van der Waals surface area contributed by atoms with E-state index in [0.717, 1.165) is 25.1 Å². The number of anilines is 1. The summed E-state index contributed by atoms with van der Waals surface area (Å²) in [7, 11) is 0. The van der Waals surface area contributed by atoms with E-state index in [1.807, 2.05) is 6.07 Å². The smallest absolute Gasteiger partial charge is 0.227 e. The van der Waals surface area contributed by atoms with Crippen LogP contribution in [-0.4, -0.2) is 40.4 Å². The van der Waals surface area contributed by atoms with Gasteiger partial charge in [0.1, 0.15) is 5.76 Å². The Morgan fingerprint density at radius 2 is 2.24 bits per heavy atom. The third kappa shape index (κ3) is 4.35. The summed E-state index contributed by atoms with van der Waals surface area (Å²) in [5.74, 6) is 1.33. The second-order valence-corrected chi connectivity index (χ2v) is 6.08. The van der Waals surface area contributed by atoms with Crippen LogP contribution in [0.2, 0.25) is 0 Å². The Hall–Kier alpha value is -2.88. The first-order valence-electron chi connectivity index (χ1n) is 8.48. The average molecular weight is 339 g/mol. The van der Waals surface area contributed by atoms with Gasteiger partial charge in [0.2, 0.25) is 11.9 Å². The maximum Gasteiger partial charge on any atom is 0.227 e. The van der Waals surface area contributed by atoms with E-state index in [9.17, 15) is 4.79 Å². The van der Waals surface area contributed by atoms with Crippen LogP contribution in [0.25, 0.3) is 0 Å².